The van der Waals surface area contributed by atoms with Crippen LogP contribution >= 0.6 is 11.3 Å². The van der Waals surface area contributed by atoms with E-state index in [2.05, 4.69) is 12.2 Å². The highest BCUT2D eigenvalue weighted by molar-refractivity contribution is 7.21. The fourth-order valence-corrected chi connectivity index (χ4v) is 3.28. The quantitative estimate of drug-likeness (QED) is 0.823. The molecule has 20 heavy (non-hydrogen) atoms. The molecule has 0 spiro atoms. The Morgan fingerprint density at radius 3 is 2.85 bits per heavy atom. The summed E-state index contributed by atoms with van der Waals surface area (Å²) in [6, 6.07) is 8.05. The predicted octanol–water partition coefficient (Wildman–Crippen LogP) is 3.11. The highest BCUT2D eigenvalue weighted by Gasteiger charge is 2.18. The van der Waals surface area contributed by atoms with Crippen LogP contribution in [-0.4, -0.2) is 30.8 Å². The molecule has 0 aliphatic rings. The van der Waals surface area contributed by atoms with Gasteiger partial charge in [-0.25, -0.2) is 4.79 Å². The fourth-order valence-electron chi connectivity index (χ4n) is 2.22. The lowest BCUT2D eigenvalue weighted by atomic mass is 10.1. The topological polar surface area (TPSA) is 58.6 Å². The maximum atomic E-state index is 11.4. The van der Waals surface area contributed by atoms with Gasteiger partial charge in [-0.05, 0) is 23.4 Å². The number of carboxylic acid groups (broad SMARTS) is 1. The number of methoxy groups -OCH3 is 1. The van der Waals surface area contributed by atoms with Crippen LogP contribution in [0.2, 0.25) is 0 Å². The van der Waals surface area contributed by atoms with E-state index in [1.807, 2.05) is 24.3 Å². The normalized spacial score (nSPS) is 12.7. The largest absolute Gasteiger partial charge is 0.477 e. The van der Waals surface area contributed by atoms with Crippen molar-refractivity contribution in [2.24, 2.45) is 0 Å². The van der Waals surface area contributed by atoms with Crippen LogP contribution in [0, 0.1) is 0 Å². The molecule has 0 aliphatic heterocycles. The summed E-state index contributed by atoms with van der Waals surface area (Å²) in [4.78, 5) is 11.8. The molecule has 1 heterocycles. The SMILES string of the molecule is CCC(COC)NCc1c(C(=O)O)sc2ccccc12. The van der Waals surface area contributed by atoms with Crippen LogP contribution in [0.5, 0.6) is 0 Å². The van der Waals surface area contributed by atoms with Gasteiger partial charge in [0, 0.05) is 24.4 Å². The second-order valence-corrected chi connectivity index (χ2v) is 5.70. The Kier molecular flexibility index (Phi) is 5.11. The van der Waals surface area contributed by atoms with Crippen molar-refractivity contribution in [1.82, 2.24) is 5.32 Å². The predicted molar refractivity (Wildman–Crippen MR) is 81.6 cm³/mol. The number of hydrogen-bond acceptors (Lipinski definition) is 4. The lowest BCUT2D eigenvalue weighted by Crippen LogP contribution is -2.32. The van der Waals surface area contributed by atoms with Crippen LogP contribution < -0.4 is 5.32 Å². The van der Waals surface area contributed by atoms with Crippen molar-refractivity contribution in [3.8, 4) is 0 Å². The summed E-state index contributed by atoms with van der Waals surface area (Å²) < 4.78 is 6.17. The average molecular weight is 293 g/mol. The monoisotopic (exact) mass is 293 g/mol. The zero-order valence-corrected chi connectivity index (χ0v) is 12.5. The number of carboxylic acids is 1. The molecule has 0 saturated heterocycles. The number of benzene rings is 1. The van der Waals surface area contributed by atoms with Gasteiger partial charge in [0.2, 0.25) is 0 Å². The van der Waals surface area contributed by atoms with Crippen molar-refractivity contribution >= 4 is 27.4 Å². The van der Waals surface area contributed by atoms with Gasteiger partial charge in [0.15, 0.2) is 0 Å². The van der Waals surface area contributed by atoms with E-state index in [0.717, 1.165) is 22.1 Å². The highest BCUT2D eigenvalue weighted by Crippen LogP contribution is 2.31. The van der Waals surface area contributed by atoms with Crippen molar-refractivity contribution in [2.75, 3.05) is 13.7 Å². The van der Waals surface area contributed by atoms with Gasteiger partial charge in [0.1, 0.15) is 4.88 Å². The van der Waals surface area contributed by atoms with Crippen LogP contribution in [0.15, 0.2) is 24.3 Å². The summed E-state index contributed by atoms with van der Waals surface area (Å²) in [5, 5.41) is 13.8. The fraction of sp³-hybridized carbons (Fsp3) is 0.400. The molecule has 2 rings (SSSR count). The first-order valence-electron chi connectivity index (χ1n) is 6.63. The zero-order chi connectivity index (χ0) is 14.5. The van der Waals surface area contributed by atoms with Gasteiger partial charge in [-0.2, -0.15) is 0 Å². The smallest absolute Gasteiger partial charge is 0.346 e. The van der Waals surface area contributed by atoms with Crippen LogP contribution in [0.25, 0.3) is 10.1 Å². The maximum Gasteiger partial charge on any atom is 0.346 e. The Morgan fingerprint density at radius 1 is 1.45 bits per heavy atom. The Labute approximate surface area is 122 Å². The lowest BCUT2D eigenvalue weighted by Gasteiger charge is -2.16. The molecule has 0 bridgehead atoms. The minimum absolute atomic E-state index is 0.236. The van der Waals surface area contributed by atoms with Gasteiger partial charge in [0.25, 0.3) is 0 Å². The Balaban J connectivity index is 2.27. The average Bonchev–Trinajstić information content (AvgIpc) is 2.82. The van der Waals surface area contributed by atoms with Crippen molar-refractivity contribution in [3.05, 3.63) is 34.7 Å². The third-order valence-electron chi connectivity index (χ3n) is 3.32. The first-order chi connectivity index (χ1) is 9.67. The molecule has 0 amide bonds. The van der Waals surface area contributed by atoms with E-state index in [4.69, 9.17) is 4.74 Å². The molecule has 2 aromatic rings. The molecule has 0 aliphatic carbocycles. The van der Waals surface area contributed by atoms with Crippen molar-refractivity contribution in [3.63, 3.8) is 0 Å². The second kappa shape index (κ2) is 6.83. The van der Waals surface area contributed by atoms with Gasteiger partial charge < -0.3 is 15.2 Å². The van der Waals surface area contributed by atoms with Gasteiger partial charge in [0.05, 0.1) is 6.61 Å². The Bertz CT molecular complexity index is 594. The maximum absolute atomic E-state index is 11.4. The van der Waals surface area contributed by atoms with Crippen LogP contribution in [0.1, 0.15) is 28.6 Å². The van der Waals surface area contributed by atoms with E-state index in [0.29, 0.717) is 18.0 Å². The van der Waals surface area contributed by atoms with E-state index < -0.39 is 5.97 Å². The summed E-state index contributed by atoms with van der Waals surface area (Å²) in [6.45, 7) is 3.26. The molecule has 0 fully saturated rings. The molecule has 1 aromatic heterocycles. The molecular formula is C15H19NO3S. The molecule has 0 radical (unpaired) electrons. The third-order valence-corrected chi connectivity index (χ3v) is 4.52. The van der Waals surface area contributed by atoms with Crippen LogP contribution in [-0.2, 0) is 11.3 Å². The molecule has 1 unspecified atom stereocenters. The van der Waals surface area contributed by atoms with Gasteiger partial charge in [-0.3, -0.25) is 0 Å². The highest BCUT2D eigenvalue weighted by atomic mass is 32.1. The first-order valence-corrected chi connectivity index (χ1v) is 7.45. The van der Waals surface area contributed by atoms with Crippen molar-refractivity contribution in [2.45, 2.75) is 25.9 Å². The second-order valence-electron chi connectivity index (χ2n) is 4.65. The van der Waals surface area contributed by atoms with E-state index in [1.165, 1.54) is 11.3 Å². The van der Waals surface area contributed by atoms with Gasteiger partial charge in [-0.1, -0.05) is 25.1 Å². The summed E-state index contributed by atoms with van der Waals surface area (Å²) in [7, 11) is 1.67. The standard InChI is InChI=1S/C15H19NO3S/c1-3-10(9-19-2)16-8-12-11-6-4-5-7-13(11)20-14(12)15(17)18/h4-7,10,16H,3,8-9H2,1-2H3,(H,17,18). The number of rotatable bonds is 7. The summed E-state index contributed by atoms with van der Waals surface area (Å²) in [5.41, 5.74) is 0.868. The minimum atomic E-state index is -0.859. The summed E-state index contributed by atoms with van der Waals surface area (Å²) >= 11 is 1.33. The van der Waals surface area contributed by atoms with Crippen molar-refractivity contribution < 1.29 is 14.6 Å². The van der Waals surface area contributed by atoms with Gasteiger partial charge in [-0.15, -0.1) is 11.3 Å². The number of ether oxygens (including phenoxy) is 1. The molecule has 5 heteroatoms. The summed E-state index contributed by atoms with van der Waals surface area (Å²) in [6.07, 6.45) is 0.943. The number of hydrogen-bond donors (Lipinski definition) is 2. The first kappa shape index (κ1) is 15.0. The Hall–Kier alpha value is -1.43. The number of fused-ring (bicyclic) bond motifs is 1. The zero-order valence-electron chi connectivity index (χ0n) is 11.7. The molecule has 108 valence electrons. The molecular weight excluding hydrogens is 274 g/mol. The van der Waals surface area contributed by atoms with Crippen LogP contribution in [0.3, 0.4) is 0 Å². The number of carbonyl (C=O) groups is 1. The number of nitrogens with one attached hydrogen (secondary N) is 1. The molecule has 1 aromatic carbocycles. The third kappa shape index (κ3) is 3.17. The number of aromatic carboxylic acids is 1. The van der Waals surface area contributed by atoms with Crippen molar-refractivity contribution in [1.29, 1.82) is 0 Å². The van der Waals surface area contributed by atoms with E-state index in [1.54, 1.807) is 7.11 Å². The number of thiophene rings is 1. The summed E-state index contributed by atoms with van der Waals surface area (Å²) in [5.74, 6) is -0.859. The van der Waals surface area contributed by atoms with E-state index in [-0.39, 0.29) is 6.04 Å². The minimum Gasteiger partial charge on any atom is -0.477 e. The van der Waals surface area contributed by atoms with E-state index >= 15 is 0 Å². The molecule has 0 saturated carbocycles. The lowest BCUT2D eigenvalue weighted by molar-refractivity contribution is 0.0701. The molecule has 2 N–H and O–H groups in total. The van der Waals surface area contributed by atoms with Crippen LogP contribution in [0.4, 0.5) is 0 Å². The molecule has 4 nitrogen and oxygen atoms in total. The molecule has 1 atom stereocenters. The Morgan fingerprint density at radius 2 is 2.20 bits per heavy atom. The van der Waals surface area contributed by atoms with Gasteiger partial charge >= 0.3 is 5.97 Å². The van der Waals surface area contributed by atoms with E-state index in [9.17, 15) is 9.90 Å².